The van der Waals surface area contributed by atoms with Gasteiger partial charge < -0.3 is 45.1 Å². The third kappa shape index (κ3) is 50.8. The van der Waals surface area contributed by atoms with Gasteiger partial charge in [0.2, 0.25) is 5.91 Å². The Bertz CT molecular complexity index is 1490. The number of allylic oxidation sites excluding steroid dienone is 5. The highest BCUT2D eigenvalue weighted by atomic mass is 16.7. The van der Waals surface area contributed by atoms with Crippen LogP contribution in [0.3, 0.4) is 0 Å². The van der Waals surface area contributed by atoms with Crippen LogP contribution in [-0.4, -0.2) is 100 Å². The summed E-state index contributed by atoms with van der Waals surface area (Å²) in [5.41, 5.74) is 0. The first-order chi connectivity index (χ1) is 41.2. The van der Waals surface area contributed by atoms with E-state index < -0.39 is 49.5 Å². The molecule has 1 fully saturated rings. The lowest BCUT2D eigenvalue weighted by molar-refractivity contribution is -0.302. The first kappa shape index (κ1) is 79.9. The highest BCUT2D eigenvalue weighted by molar-refractivity contribution is 5.76. The van der Waals surface area contributed by atoms with Crippen LogP contribution >= 0.6 is 0 Å². The molecule has 0 spiro atoms. The summed E-state index contributed by atoms with van der Waals surface area (Å²) >= 11 is 0. The predicted octanol–water partition coefficient (Wildman–Crippen LogP) is 18.6. The van der Waals surface area contributed by atoms with Crippen molar-refractivity contribution in [2.45, 2.75) is 397 Å². The molecule has 0 aromatic rings. The van der Waals surface area contributed by atoms with Crippen LogP contribution in [0.25, 0.3) is 0 Å². The number of nitrogens with one attached hydrogen (secondary N) is 1. The van der Waals surface area contributed by atoms with Crippen molar-refractivity contribution in [2.75, 3.05) is 19.8 Å². The van der Waals surface area contributed by atoms with E-state index in [1.165, 1.54) is 276 Å². The maximum absolute atomic E-state index is 13.1. The summed E-state index contributed by atoms with van der Waals surface area (Å²) < 4.78 is 16.7. The standard InChI is InChI=1S/C73H137NO10/c1-3-5-7-9-11-13-15-16-36-40-43-47-51-55-59-66(76)65(64-83-73-72(81)71(80)70(79)67(63-75)84-73)74-68(77)60-56-52-48-44-41-37-34-32-30-28-26-24-22-20-18-17-19-21-23-25-27-29-31-33-35-38-42-46-50-54-58-62-82-69(78)61-57-53-49-45-39-14-12-10-8-6-4-2/h19,21,40,43,55,59,65-67,70-73,75-76,79-81H,3-18,20,22-39,41-42,44-54,56-58,60-64H2,1-2H3,(H,74,77)/b21-19-,43-40+,59-55+. The molecule has 494 valence electrons. The quantitative estimate of drug-likeness (QED) is 0.0195. The fourth-order valence-electron chi connectivity index (χ4n) is 11.5. The molecule has 0 saturated carbocycles. The van der Waals surface area contributed by atoms with Crippen molar-refractivity contribution < 1.29 is 49.3 Å². The fourth-order valence-corrected chi connectivity index (χ4v) is 11.5. The minimum absolute atomic E-state index is 0.00954. The van der Waals surface area contributed by atoms with Crippen molar-refractivity contribution in [1.29, 1.82) is 0 Å². The van der Waals surface area contributed by atoms with E-state index in [2.05, 4.69) is 43.5 Å². The Morgan fingerprint density at radius 2 is 0.774 bits per heavy atom. The molecule has 84 heavy (non-hydrogen) atoms. The Labute approximate surface area is 517 Å². The van der Waals surface area contributed by atoms with E-state index in [9.17, 15) is 35.1 Å². The highest BCUT2D eigenvalue weighted by Crippen LogP contribution is 2.23. The lowest BCUT2D eigenvalue weighted by Gasteiger charge is -2.40. The molecule has 11 nitrogen and oxygen atoms in total. The number of carbonyl (C=O) groups is 2. The minimum atomic E-state index is -1.58. The molecule has 1 amide bonds. The topological polar surface area (TPSA) is 175 Å². The molecule has 6 N–H and O–H groups in total. The zero-order chi connectivity index (χ0) is 60.9. The van der Waals surface area contributed by atoms with Crippen LogP contribution in [0.5, 0.6) is 0 Å². The van der Waals surface area contributed by atoms with Crippen LogP contribution in [0.15, 0.2) is 36.5 Å². The van der Waals surface area contributed by atoms with Crippen LogP contribution in [-0.2, 0) is 23.8 Å². The number of esters is 1. The van der Waals surface area contributed by atoms with Gasteiger partial charge in [-0.3, -0.25) is 9.59 Å². The van der Waals surface area contributed by atoms with Gasteiger partial charge in [0.25, 0.3) is 0 Å². The van der Waals surface area contributed by atoms with Gasteiger partial charge in [-0.1, -0.05) is 307 Å². The Kier molecular flexibility index (Phi) is 59.4. The second-order valence-corrected chi connectivity index (χ2v) is 25.3. The maximum Gasteiger partial charge on any atom is 0.305 e. The van der Waals surface area contributed by atoms with Gasteiger partial charge >= 0.3 is 5.97 Å². The second-order valence-electron chi connectivity index (χ2n) is 25.3. The molecule has 0 aliphatic carbocycles. The fraction of sp³-hybridized carbons (Fsp3) is 0.890. The molecule has 1 heterocycles. The SMILES string of the molecule is CCCCCCCCCC/C=C/CC/C=C/C(O)C(COC1OC(CO)C(O)C(O)C1O)NC(=O)CCCCCCCCCCCCCCCCC/C=C\CCCCCCCCCCCCCCOC(=O)CCCCCCCCCCCCC. The molecule has 1 aliphatic rings. The Hall–Kier alpha value is -2.12. The molecule has 1 aliphatic heterocycles. The molecule has 0 aromatic carbocycles. The number of ether oxygens (including phenoxy) is 3. The number of carbonyl (C=O) groups excluding carboxylic acids is 2. The number of amides is 1. The largest absolute Gasteiger partial charge is 0.466 e. The van der Waals surface area contributed by atoms with Crippen LogP contribution < -0.4 is 5.32 Å². The van der Waals surface area contributed by atoms with Gasteiger partial charge in [0.05, 0.1) is 32.0 Å². The van der Waals surface area contributed by atoms with Crippen LogP contribution in [0, 0.1) is 0 Å². The van der Waals surface area contributed by atoms with Crippen LogP contribution in [0.4, 0.5) is 0 Å². The summed E-state index contributed by atoms with van der Waals surface area (Å²) in [5.74, 6) is -0.178. The summed E-state index contributed by atoms with van der Waals surface area (Å²) in [7, 11) is 0. The third-order valence-electron chi connectivity index (χ3n) is 17.2. The lowest BCUT2D eigenvalue weighted by atomic mass is 9.99. The second kappa shape index (κ2) is 62.5. The number of hydrogen-bond acceptors (Lipinski definition) is 10. The number of rotatable bonds is 64. The van der Waals surface area contributed by atoms with Gasteiger partial charge in [-0.25, -0.2) is 0 Å². The van der Waals surface area contributed by atoms with E-state index in [0.29, 0.717) is 19.4 Å². The molecule has 0 radical (unpaired) electrons. The molecular formula is C73H137NO10. The van der Waals surface area contributed by atoms with Crippen molar-refractivity contribution >= 4 is 11.9 Å². The Morgan fingerprint density at radius 3 is 1.18 bits per heavy atom. The summed E-state index contributed by atoms with van der Waals surface area (Å²) in [4.78, 5) is 25.1. The average Bonchev–Trinajstić information content (AvgIpc) is 3.68. The monoisotopic (exact) mass is 1190 g/mol. The number of unbranched alkanes of at least 4 members (excludes halogenated alkanes) is 46. The van der Waals surface area contributed by atoms with E-state index in [1.54, 1.807) is 6.08 Å². The zero-order valence-electron chi connectivity index (χ0n) is 54.9. The molecule has 1 rings (SSSR count). The van der Waals surface area contributed by atoms with Crippen molar-refractivity contribution in [3.05, 3.63) is 36.5 Å². The summed E-state index contributed by atoms with van der Waals surface area (Å²) in [6, 6.07) is -0.826. The van der Waals surface area contributed by atoms with Gasteiger partial charge in [0.15, 0.2) is 6.29 Å². The van der Waals surface area contributed by atoms with E-state index in [-0.39, 0.29) is 18.5 Å². The van der Waals surface area contributed by atoms with Crippen molar-refractivity contribution in [3.63, 3.8) is 0 Å². The van der Waals surface area contributed by atoms with Gasteiger partial charge in [-0.2, -0.15) is 0 Å². The molecule has 7 atom stereocenters. The summed E-state index contributed by atoms with van der Waals surface area (Å²) in [5, 5.41) is 54.5. The smallest absolute Gasteiger partial charge is 0.305 e. The molecule has 1 saturated heterocycles. The van der Waals surface area contributed by atoms with Gasteiger partial charge in [-0.15, -0.1) is 0 Å². The number of aliphatic hydroxyl groups excluding tert-OH is 5. The molecule has 0 aromatic heterocycles. The average molecular weight is 1190 g/mol. The van der Waals surface area contributed by atoms with Gasteiger partial charge in [0, 0.05) is 12.8 Å². The zero-order valence-corrected chi connectivity index (χ0v) is 54.9. The van der Waals surface area contributed by atoms with E-state index in [0.717, 1.165) is 51.4 Å². The highest BCUT2D eigenvalue weighted by Gasteiger charge is 2.44. The van der Waals surface area contributed by atoms with Crippen LogP contribution in [0.2, 0.25) is 0 Å². The van der Waals surface area contributed by atoms with E-state index >= 15 is 0 Å². The van der Waals surface area contributed by atoms with Crippen molar-refractivity contribution in [2.24, 2.45) is 0 Å². The number of aliphatic hydroxyl groups is 5. The van der Waals surface area contributed by atoms with Gasteiger partial charge in [-0.05, 0) is 70.6 Å². The first-order valence-corrected chi connectivity index (χ1v) is 36.3. The Balaban J connectivity index is 1.98. The molecule has 0 bridgehead atoms. The predicted molar refractivity (Wildman–Crippen MR) is 352 cm³/mol. The van der Waals surface area contributed by atoms with Gasteiger partial charge in [0.1, 0.15) is 24.4 Å². The van der Waals surface area contributed by atoms with E-state index in [4.69, 9.17) is 14.2 Å². The number of hydrogen-bond donors (Lipinski definition) is 6. The van der Waals surface area contributed by atoms with E-state index in [1.807, 2.05) is 6.08 Å². The minimum Gasteiger partial charge on any atom is -0.466 e. The van der Waals surface area contributed by atoms with Crippen molar-refractivity contribution in [1.82, 2.24) is 5.32 Å². The maximum atomic E-state index is 13.1. The molecule has 11 heteroatoms. The first-order valence-electron chi connectivity index (χ1n) is 36.3. The molecular weight excluding hydrogens is 1050 g/mol. The normalized spacial score (nSPS) is 18.2. The lowest BCUT2D eigenvalue weighted by Crippen LogP contribution is -2.60. The molecule has 7 unspecified atom stereocenters. The van der Waals surface area contributed by atoms with Crippen LogP contribution in [0.1, 0.15) is 354 Å². The third-order valence-corrected chi connectivity index (χ3v) is 17.2. The summed E-state index contributed by atoms with van der Waals surface area (Å²) in [6.07, 6.45) is 70.0. The van der Waals surface area contributed by atoms with Crippen molar-refractivity contribution in [3.8, 4) is 0 Å². The Morgan fingerprint density at radius 1 is 0.429 bits per heavy atom. The summed E-state index contributed by atoms with van der Waals surface area (Å²) in [6.45, 7) is 4.36.